The third-order valence-corrected chi connectivity index (χ3v) is 3.62. The van der Waals surface area contributed by atoms with Crippen molar-refractivity contribution in [3.63, 3.8) is 0 Å². The number of hydrogen-bond acceptors (Lipinski definition) is 2. The van der Waals surface area contributed by atoms with Gasteiger partial charge in [-0.05, 0) is 25.0 Å². The Kier molecular flexibility index (Phi) is 2.33. The molecule has 1 N–H and O–H groups in total. The fourth-order valence-electron chi connectivity index (χ4n) is 2.16. The Bertz CT molecular complexity index is 602. The third-order valence-electron chi connectivity index (χ3n) is 3.34. The number of hydrogen-bond donors (Lipinski definition) is 1. The van der Waals surface area contributed by atoms with Crippen LogP contribution in [0, 0.1) is 0 Å². The Hall–Kier alpha value is -1.55. The number of fused-ring (bicyclic) bond motifs is 1. The monoisotopic (exact) mass is 250 g/mol. The van der Waals surface area contributed by atoms with Crippen LogP contribution in [0.1, 0.15) is 41.4 Å². The minimum Gasteiger partial charge on any atom is -0.478 e. The van der Waals surface area contributed by atoms with Crippen molar-refractivity contribution in [2.45, 2.75) is 25.2 Å². The zero-order valence-corrected chi connectivity index (χ0v) is 9.81. The minimum atomic E-state index is -0.949. The van der Waals surface area contributed by atoms with E-state index in [2.05, 4.69) is 4.98 Å². The summed E-state index contributed by atoms with van der Waals surface area (Å²) in [6.07, 6.45) is 5.24. The summed E-state index contributed by atoms with van der Waals surface area (Å²) in [5, 5.41) is 9.32. The summed E-state index contributed by atoms with van der Waals surface area (Å²) in [6, 6.07) is 3.15. The number of aromatic carboxylic acids is 1. The van der Waals surface area contributed by atoms with Crippen LogP contribution in [0.5, 0.6) is 0 Å². The molecule has 1 fully saturated rings. The van der Waals surface area contributed by atoms with Gasteiger partial charge in [0, 0.05) is 12.1 Å². The van der Waals surface area contributed by atoms with E-state index >= 15 is 0 Å². The topological polar surface area (TPSA) is 54.6 Å². The summed E-state index contributed by atoms with van der Waals surface area (Å²) in [4.78, 5) is 15.2. The van der Waals surface area contributed by atoms with E-state index < -0.39 is 5.97 Å². The maximum absolute atomic E-state index is 10.9. The summed E-state index contributed by atoms with van der Waals surface area (Å²) >= 11 is 6.05. The Morgan fingerprint density at radius 3 is 2.88 bits per heavy atom. The van der Waals surface area contributed by atoms with E-state index in [4.69, 9.17) is 16.7 Å². The van der Waals surface area contributed by atoms with Gasteiger partial charge in [0.2, 0.25) is 0 Å². The largest absolute Gasteiger partial charge is 0.478 e. The quantitative estimate of drug-likeness (QED) is 0.892. The lowest BCUT2D eigenvalue weighted by atomic mass is 9.85. The van der Waals surface area contributed by atoms with Gasteiger partial charge in [-0.3, -0.25) is 0 Å². The van der Waals surface area contributed by atoms with Crippen molar-refractivity contribution in [2.75, 3.05) is 0 Å². The van der Waals surface area contributed by atoms with Crippen LogP contribution in [0.25, 0.3) is 5.52 Å². The second-order valence-corrected chi connectivity index (χ2v) is 4.72. The smallest absolute Gasteiger partial charge is 0.335 e. The Morgan fingerprint density at radius 1 is 1.53 bits per heavy atom. The molecule has 0 aromatic carbocycles. The molecule has 2 aromatic heterocycles. The van der Waals surface area contributed by atoms with Gasteiger partial charge in [-0.2, -0.15) is 0 Å². The number of halogens is 1. The summed E-state index contributed by atoms with van der Waals surface area (Å²) < 4.78 is 1.90. The lowest BCUT2D eigenvalue weighted by molar-refractivity contribution is 0.0697. The normalized spacial score (nSPS) is 16.1. The SMILES string of the molecule is O=C(O)c1ccn2c(C3CCC3)nc(Cl)c2c1. The Morgan fingerprint density at radius 2 is 2.29 bits per heavy atom. The van der Waals surface area contributed by atoms with Crippen molar-refractivity contribution in [3.8, 4) is 0 Å². The lowest BCUT2D eigenvalue weighted by Crippen LogP contribution is -2.12. The van der Waals surface area contributed by atoms with Crippen LogP contribution in [-0.4, -0.2) is 20.5 Å². The van der Waals surface area contributed by atoms with Crippen LogP contribution in [0.15, 0.2) is 18.3 Å². The van der Waals surface area contributed by atoms with E-state index in [0.29, 0.717) is 16.6 Å². The van der Waals surface area contributed by atoms with Gasteiger partial charge < -0.3 is 9.51 Å². The maximum atomic E-state index is 10.9. The number of carboxylic acids is 1. The fraction of sp³-hybridized carbons (Fsp3) is 0.333. The molecule has 5 heteroatoms. The summed E-state index contributed by atoms with van der Waals surface area (Å²) in [5.74, 6) is 0.467. The molecule has 1 aliphatic rings. The molecular formula is C12H11ClN2O2. The molecule has 3 rings (SSSR count). The van der Waals surface area contributed by atoms with Crippen molar-refractivity contribution in [2.24, 2.45) is 0 Å². The molecular weight excluding hydrogens is 240 g/mol. The van der Waals surface area contributed by atoms with Crippen molar-refractivity contribution in [1.82, 2.24) is 9.38 Å². The number of pyridine rings is 1. The molecule has 88 valence electrons. The van der Waals surface area contributed by atoms with E-state index in [1.54, 1.807) is 18.3 Å². The molecule has 0 spiro atoms. The minimum absolute atomic E-state index is 0.236. The molecule has 2 aromatic rings. The van der Waals surface area contributed by atoms with Crippen molar-refractivity contribution < 1.29 is 9.90 Å². The van der Waals surface area contributed by atoms with Gasteiger partial charge in [0.05, 0.1) is 11.1 Å². The molecule has 4 nitrogen and oxygen atoms in total. The summed E-state index contributed by atoms with van der Waals surface area (Å²) in [6.45, 7) is 0. The number of carbonyl (C=O) groups is 1. The Balaban J connectivity index is 2.17. The Labute approximate surface area is 103 Å². The second-order valence-electron chi connectivity index (χ2n) is 4.36. The molecule has 0 aliphatic heterocycles. The van der Waals surface area contributed by atoms with Crippen molar-refractivity contribution >= 4 is 23.1 Å². The molecule has 0 amide bonds. The van der Waals surface area contributed by atoms with E-state index in [9.17, 15) is 4.79 Å². The van der Waals surface area contributed by atoms with Gasteiger partial charge in [-0.25, -0.2) is 9.78 Å². The highest BCUT2D eigenvalue weighted by Crippen LogP contribution is 2.37. The predicted molar refractivity (Wildman–Crippen MR) is 63.8 cm³/mol. The molecule has 1 aliphatic carbocycles. The lowest BCUT2D eigenvalue weighted by Gasteiger charge is -2.23. The molecule has 0 saturated heterocycles. The molecule has 1 saturated carbocycles. The first-order valence-electron chi connectivity index (χ1n) is 5.57. The highest BCUT2D eigenvalue weighted by molar-refractivity contribution is 6.32. The first-order valence-corrected chi connectivity index (χ1v) is 5.95. The van der Waals surface area contributed by atoms with Gasteiger partial charge in [-0.15, -0.1) is 0 Å². The molecule has 17 heavy (non-hydrogen) atoms. The van der Waals surface area contributed by atoms with E-state index in [-0.39, 0.29) is 5.56 Å². The molecule has 0 atom stereocenters. The molecule has 0 unspecified atom stereocenters. The first-order chi connectivity index (χ1) is 8.16. The highest BCUT2D eigenvalue weighted by Gasteiger charge is 2.25. The first kappa shape index (κ1) is 10.6. The summed E-state index contributed by atoms with van der Waals surface area (Å²) in [7, 11) is 0. The molecule has 0 bridgehead atoms. The van der Waals surface area contributed by atoms with Crippen LogP contribution < -0.4 is 0 Å². The van der Waals surface area contributed by atoms with Crippen LogP contribution in [0.3, 0.4) is 0 Å². The van der Waals surface area contributed by atoms with Gasteiger partial charge in [0.1, 0.15) is 5.82 Å². The summed E-state index contributed by atoms with van der Waals surface area (Å²) in [5.41, 5.74) is 0.910. The maximum Gasteiger partial charge on any atom is 0.335 e. The van der Waals surface area contributed by atoms with Gasteiger partial charge >= 0.3 is 5.97 Å². The second kappa shape index (κ2) is 3.74. The molecule has 2 heterocycles. The highest BCUT2D eigenvalue weighted by atomic mass is 35.5. The van der Waals surface area contributed by atoms with Crippen LogP contribution in [-0.2, 0) is 0 Å². The predicted octanol–water partition coefficient (Wildman–Crippen LogP) is 2.95. The number of imidazole rings is 1. The van der Waals surface area contributed by atoms with Gasteiger partial charge in [-0.1, -0.05) is 18.0 Å². The number of rotatable bonds is 2. The molecule has 0 radical (unpaired) electrons. The average Bonchev–Trinajstić information content (AvgIpc) is 2.54. The van der Waals surface area contributed by atoms with E-state index in [1.807, 2.05) is 4.40 Å². The van der Waals surface area contributed by atoms with Crippen LogP contribution in [0.2, 0.25) is 5.15 Å². The fourth-order valence-corrected chi connectivity index (χ4v) is 2.39. The van der Waals surface area contributed by atoms with Crippen LogP contribution >= 0.6 is 11.6 Å². The number of carboxylic acid groups (broad SMARTS) is 1. The van der Waals surface area contributed by atoms with Crippen molar-refractivity contribution in [3.05, 3.63) is 34.9 Å². The average molecular weight is 251 g/mol. The number of nitrogens with zero attached hydrogens (tertiary/aromatic N) is 2. The van der Waals surface area contributed by atoms with Crippen LogP contribution in [0.4, 0.5) is 0 Å². The van der Waals surface area contributed by atoms with E-state index in [1.165, 1.54) is 6.42 Å². The third kappa shape index (κ3) is 1.60. The standard InChI is InChI=1S/C12H11ClN2O2/c13-10-9-6-8(12(16)17)4-5-15(9)11(14-10)7-2-1-3-7/h4-7H,1-3H2,(H,16,17). The van der Waals surface area contributed by atoms with E-state index in [0.717, 1.165) is 18.7 Å². The zero-order valence-electron chi connectivity index (χ0n) is 9.06. The zero-order chi connectivity index (χ0) is 12.0. The number of aromatic nitrogens is 2. The van der Waals surface area contributed by atoms with Crippen molar-refractivity contribution in [1.29, 1.82) is 0 Å². The van der Waals surface area contributed by atoms with Gasteiger partial charge in [0.15, 0.2) is 5.15 Å². The van der Waals surface area contributed by atoms with Gasteiger partial charge in [0.25, 0.3) is 0 Å².